The molecule has 0 bridgehead atoms. The third kappa shape index (κ3) is 3.11. The first kappa shape index (κ1) is 16.8. The largest absolute Gasteiger partial charge is 0.466 e. The van der Waals surface area contributed by atoms with Crippen molar-refractivity contribution in [3.8, 4) is 0 Å². The Morgan fingerprint density at radius 3 is 2.48 bits per heavy atom. The number of nitrogens with zero attached hydrogens (tertiary/aromatic N) is 1. The number of dihydropyridines is 1. The Labute approximate surface area is 136 Å². The van der Waals surface area contributed by atoms with E-state index in [1.165, 1.54) is 25.6 Å². The summed E-state index contributed by atoms with van der Waals surface area (Å²) in [5.41, 5.74) is 1.27. The fraction of sp³-hybridized carbons (Fsp3) is 0.267. The van der Waals surface area contributed by atoms with Crippen LogP contribution in [0.15, 0.2) is 45.2 Å². The minimum Gasteiger partial charge on any atom is -0.466 e. The molecular formula is C15H16N2O5S. The molecule has 23 heavy (non-hydrogen) atoms. The number of hydrogen-bond acceptors (Lipinski definition) is 8. The van der Waals surface area contributed by atoms with Crippen molar-refractivity contribution in [2.24, 2.45) is 5.16 Å². The molecule has 8 heteroatoms. The Bertz CT molecular complexity index is 703. The highest BCUT2D eigenvalue weighted by atomic mass is 32.1. The van der Waals surface area contributed by atoms with Crippen LogP contribution < -0.4 is 5.32 Å². The van der Waals surface area contributed by atoms with Crippen molar-refractivity contribution in [3.63, 3.8) is 0 Å². The topological polar surface area (TPSA) is 97.2 Å². The van der Waals surface area contributed by atoms with Gasteiger partial charge in [-0.2, -0.15) is 0 Å². The molecule has 1 aromatic heterocycles. The molecule has 0 radical (unpaired) electrons. The fourth-order valence-electron chi connectivity index (χ4n) is 2.47. The molecule has 2 N–H and O–H groups in total. The van der Waals surface area contributed by atoms with Gasteiger partial charge in [-0.25, -0.2) is 9.59 Å². The van der Waals surface area contributed by atoms with Crippen molar-refractivity contribution in [2.45, 2.75) is 12.8 Å². The number of oxime groups is 1. The summed E-state index contributed by atoms with van der Waals surface area (Å²) >= 11 is 1.40. The van der Waals surface area contributed by atoms with E-state index in [0.29, 0.717) is 11.3 Å². The van der Waals surface area contributed by atoms with Crippen LogP contribution in [0.1, 0.15) is 17.7 Å². The number of allylic oxidation sites excluding steroid dienone is 2. The Hall–Kier alpha value is -2.61. The van der Waals surface area contributed by atoms with E-state index < -0.39 is 17.9 Å². The average molecular weight is 336 g/mol. The molecule has 0 fully saturated rings. The molecule has 0 amide bonds. The highest BCUT2D eigenvalue weighted by Gasteiger charge is 2.38. The zero-order chi connectivity index (χ0) is 17.0. The van der Waals surface area contributed by atoms with E-state index in [2.05, 4.69) is 10.5 Å². The molecule has 1 atom stereocenters. The molecule has 0 saturated carbocycles. The monoisotopic (exact) mass is 336 g/mol. The SMILES string of the molecule is COC(=O)C1=C(C)NC(/C=N/O)=C(C(=O)OC)[C@H]1c1cccs1. The standard InChI is InChI=1S/C15H16N2O5S/c1-8-11(14(18)21-2)13(10-5-4-6-23-10)12(15(19)22-3)9(17-8)7-16-20/h4-7,13,17,20H,1-3H3/b16-7+/t13-/m0/s1. The van der Waals surface area contributed by atoms with Crippen LogP contribution in [0.2, 0.25) is 0 Å². The molecule has 122 valence electrons. The van der Waals surface area contributed by atoms with Crippen molar-refractivity contribution < 1.29 is 24.3 Å². The number of carbonyl (C=O) groups is 2. The van der Waals surface area contributed by atoms with Gasteiger partial charge in [0.2, 0.25) is 0 Å². The van der Waals surface area contributed by atoms with E-state index in [1.807, 2.05) is 17.5 Å². The summed E-state index contributed by atoms with van der Waals surface area (Å²) in [6, 6.07) is 3.63. The zero-order valence-corrected chi connectivity index (χ0v) is 13.6. The van der Waals surface area contributed by atoms with Gasteiger partial charge in [0.1, 0.15) is 0 Å². The maximum Gasteiger partial charge on any atom is 0.336 e. The van der Waals surface area contributed by atoms with E-state index in [-0.39, 0.29) is 11.3 Å². The summed E-state index contributed by atoms with van der Waals surface area (Å²) in [4.78, 5) is 25.3. The maximum absolute atomic E-state index is 12.3. The van der Waals surface area contributed by atoms with Gasteiger partial charge < -0.3 is 20.0 Å². The summed E-state index contributed by atoms with van der Waals surface area (Å²) in [6.45, 7) is 1.69. The number of methoxy groups -OCH3 is 2. The number of ether oxygens (including phenoxy) is 2. The highest BCUT2D eigenvalue weighted by molar-refractivity contribution is 7.10. The molecule has 1 aliphatic heterocycles. The second kappa shape index (κ2) is 7.10. The van der Waals surface area contributed by atoms with E-state index in [1.54, 1.807) is 6.92 Å². The Kier molecular flexibility index (Phi) is 5.17. The lowest BCUT2D eigenvalue weighted by molar-refractivity contribution is -0.137. The molecule has 0 spiro atoms. The minimum atomic E-state index is -0.663. The van der Waals surface area contributed by atoms with Crippen molar-refractivity contribution in [1.82, 2.24) is 5.32 Å². The van der Waals surface area contributed by atoms with Gasteiger partial charge in [0.15, 0.2) is 0 Å². The molecule has 7 nitrogen and oxygen atoms in total. The predicted molar refractivity (Wildman–Crippen MR) is 84.2 cm³/mol. The lowest BCUT2D eigenvalue weighted by Crippen LogP contribution is -2.33. The Morgan fingerprint density at radius 1 is 1.30 bits per heavy atom. The van der Waals surface area contributed by atoms with Gasteiger partial charge in [0.05, 0.1) is 43.2 Å². The van der Waals surface area contributed by atoms with Gasteiger partial charge in [-0.15, -0.1) is 11.3 Å². The minimum absolute atomic E-state index is 0.179. The van der Waals surface area contributed by atoms with Crippen molar-refractivity contribution in [2.75, 3.05) is 14.2 Å². The number of esters is 2. The van der Waals surface area contributed by atoms with E-state index in [9.17, 15) is 9.59 Å². The maximum atomic E-state index is 12.3. The molecular weight excluding hydrogens is 320 g/mol. The molecule has 0 saturated heterocycles. The smallest absolute Gasteiger partial charge is 0.336 e. The lowest BCUT2D eigenvalue weighted by Gasteiger charge is -2.28. The summed E-state index contributed by atoms with van der Waals surface area (Å²) in [5, 5.41) is 16.6. The number of rotatable bonds is 4. The van der Waals surface area contributed by atoms with Gasteiger partial charge in [0, 0.05) is 10.6 Å². The van der Waals surface area contributed by atoms with Gasteiger partial charge in [0.25, 0.3) is 0 Å². The summed E-state index contributed by atoms with van der Waals surface area (Å²) in [7, 11) is 2.53. The number of carbonyl (C=O) groups excluding carboxylic acids is 2. The van der Waals surface area contributed by atoms with E-state index in [4.69, 9.17) is 14.7 Å². The van der Waals surface area contributed by atoms with Gasteiger partial charge in [-0.1, -0.05) is 11.2 Å². The zero-order valence-electron chi connectivity index (χ0n) is 12.8. The number of nitrogens with one attached hydrogen (secondary N) is 1. The van der Waals surface area contributed by atoms with Crippen LogP contribution in [0, 0.1) is 0 Å². The number of thiophene rings is 1. The molecule has 2 heterocycles. The normalized spacial score (nSPS) is 18.1. The van der Waals surface area contributed by atoms with Crippen molar-refractivity contribution in [1.29, 1.82) is 0 Å². The highest BCUT2D eigenvalue weighted by Crippen LogP contribution is 2.40. The quantitative estimate of drug-likeness (QED) is 0.376. The van der Waals surface area contributed by atoms with Gasteiger partial charge >= 0.3 is 11.9 Å². The molecule has 0 aromatic carbocycles. The second-order valence-electron chi connectivity index (χ2n) is 4.67. The molecule has 0 unspecified atom stereocenters. The first-order valence-corrected chi connectivity index (χ1v) is 7.52. The Balaban J connectivity index is 2.71. The van der Waals surface area contributed by atoms with Gasteiger partial charge in [-0.3, -0.25) is 0 Å². The molecule has 1 aliphatic rings. The summed E-state index contributed by atoms with van der Waals surface area (Å²) in [5.74, 6) is -1.83. The first-order valence-electron chi connectivity index (χ1n) is 6.64. The van der Waals surface area contributed by atoms with E-state index in [0.717, 1.165) is 11.1 Å². The van der Waals surface area contributed by atoms with Crippen LogP contribution in [0.3, 0.4) is 0 Å². The van der Waals surface area contributed by atoms with Crippen LogP contribution in [0.25, 0.3) is 0 Å². The van der Waals surface area contributed by atoms with Gasteiger partial charge in [-0.05, 0) is 18.4 Å². The molecule has 1 aromatic rings. The first-order chi connectivity index (χ1) is 11.0. The third-order valence-electron chi connectivity index (χ3n) is 3.42. The van der Waals surface area contributed by atoms with Crippen LogP contribution in [0.5, 0.6) is 0 Å². The lowest BCUT2D eigenvalue weighted by atomic mass is 9.84. The summed E-state index contributed by atoms with van der Waals surface area (Å²) in [6.07, 6.45) is 1.10. The molecule has 2 rings (SSSR count). The molecule has 0 aliphatic carbocycles. The average Bonchev–Trinajstić information content (AvgIpc) is 3.07. The third-order valence-corrected chi connectivity index (χ3v) is 4.36. The summed E-state index contributed by atoms with van der Waals surface area (Å²) < 4.78 is 9.70. The second-order valence-corrected chi connectivity index (χ2v) is 5.65. The van der Waals surface area contributed by atoms with Crippen molar-refractivity contribution in [3.05, 3.63) is 44.9 Å². The van der Waals surface area contributed by atoms with Crippen LogP contribution >= 0.6 is 11.3 Å². The number of hydrogen-bond donors (Lipinski definition) is 2. The van der Waals surface area contributed by atoms with Crippen LogP contribution in [-0.4, -0.2) is 37.6 Å². The van der Waals surface area contributed by atoms with Crippen LogP contribution in [-0.2, 0) is 19.1 Å². The van der Waals surface area contributed by atoms with E-state index >= 15 is 0 Å². The van der Waals surface area contributed by atoms with Crippen molar-refractivity contribution >= 4 is 29.5 Å². The Morgan fingerprint density at radius 2 is 1.96 bits per heavy atom. The fourth-order valence-corrected chi connectivity index (χ4v) is 3.31. The van der Waals surface area contributed by atoms with Crippen LogP contribution in [0.4, 0.5) is 0 Å². The predicted octanol–water partition coefficient (Wildman–Crippen LogP) is 1.77.